The van der Waals surface area contributed by atoms with Crippen LogP contribution in [0.5, 0.6) is 0 Å². The molecule has 0 aromatic rings. The van der Waals surface area contributed by atoms with Crippen LogP contribution in [0.2, 0.25) is 0 Å². The van der Waals surface area contributed by atoms with Crippen LogP contribution in [0.25, 0.3) is 0 Å². The summed E-state index contributed by atoms with van der Waals surface area (Å²) in [5.41, 5.74) is -0.163. The first-order valence-electron chi connectivity index (χ1n) is 7.05. The zero-order chi connectivity index (χ0) is 14.2. The highest BCUT2D eigenvalue weighted by molar-refractivity contribution is 4.86. The molecule has 18 heavy (non-hydrogen) atoms. The van der Waals surface area contributed by atoms with Crippen LogP contribution in [0.4, 0.5) is 0 Å². The van der Waals surface area contributed by atoms with Gasteiger partial charge in [-0.1, -0.05) is 6.92 Å². The van der Waals surface area contributed by atoms with Crippen molar-refractivity contribution in [2.75, 3.05) is 47.4 Å². The first-order chi connectivity index (χ1) is 8.34. The second-order valence-electron chi connectivity index (χ2n) is 5.94. The molecule has 0 saturated carbocycles. The van der Waals surface area contributed by atoms with Crippen molar-refractivity contribution in [1.29, 1.82) is 0 Å². The number of aliphatic hydroxyl groups excluding tert-OH is 1. The zero-order valence-corrected chi connectivity index (χ0v) is 13.2. The monoisotopic (exact) mass is 259 g/mol. The van der Waals surface area contributed by atoms with E-state index >= 15 is 0 Å². The largest absolute Gasteiger partial charge is 0.394 e. The molecule has 0 bridgehead atoms. The fraction of sp³-hybridized carbons (Fsp3) is 1.00. The molecule has 0 amide bonds. The van der Waals surface area contributed by atoms with Gasteiger partial charge in [0.1, 0.15) is 0 Å². The maximum atomic E-state index is 9.51. The normalized spacial score (nSPS) is 17.2. The van der Waals surface area contributed by atoms with E-state index in [1.165, 1.54) is 6.42 Å². The molecular weight excluding hydrogens is 226 g/mol. The van der Waals surface area contributed by atoms with Crippen molar-refractivity contribution in [3.8, 4) is 0 Å². The highest BCUT2D eigenvalue weighted by Gasteiger charge is 2.26. The molecule has 0 aliphatic heterocycles. The molecular formula is C14H33N3O. The van der Waals surface area contributed by atoms with Crippen LogP contribution in [0.15, 0.2) is 0 Å². The number of rotatable bonds is 10. The van der Waals surface area contributed by atoms with Crippen LogP contribution in [-0.2, 0) is 0 Å². The highest BCUT2D eigenvalue weighted by atomic mass is 16.3. The maximum absolute atomic E-state index is 9.51. The van der Waals surface area contributed by atoms with Gasteiger partial charge in [0.2, 0.25) is 0 Å². The molecule has 2 N–H and O–H groups in total. The van der Waals surface area contributed by atoms with Crippen LogP contribution in [0.3, 0.4) is 0 Å². The van der Waals surface area contributed by atoms with Crippen molar-refractivity contribution in [3.05, 3.63) is 0 Å². The average Bonchev–Trinajstić information content (AvgIpc) is 2.28. The summed E-state index contributed by atoms with van der Waals surface area (Å²) in [6.07, 6.45) is 2.15. The summed E-state index contributed by atoms with van der Waals surface area (Å²) < 4.78 is 0. The lowest BCUT2D eigenvalue weighted by molar-refractivity contribution is 0.126. The Bertz CT molecular complexity index is 211. The molecule has 0 aliphatic carbocycles. The van der Waals surface area contributed by atoms with E-state index in [2.05, 4.69) is 57.0 Å². The van der Waals surface area contributed by atoms with E-state index < -0.39 is 0 Å². The van der Waals surface area contributed by atoms with Crippen molar-refractivity contribution in [1.82, 2.24) is 15.1 Å². The molecule has 110 valence electrons. The minimum absolute atomic E-state index is 0.163. The van der Waals surface area contributed by atoms with Crippen LogP contribution >= 0.6 is 0 Å². The smallest absolute Gasteiger partial charge is 0.0611 e. The van der Waals surface area contributed by atoms with Gasteiger partial charge in [0, 0.05) is 11.6 Å². The lowest BCUT2D eigenvalue weighted by Gasteiger charge is -2.35. The van der Waals surface area contributed by atoms with Gasteiger partial charge in [0.05, 0.1) is 6.61 Å². The topological polar surface area (TPSA) is 38.7 Å². The molecule has 0 saturated heterocycles. The van der Waals surface area contributed by atoms with E-state index in [0.29, 0.717) is 6.04 Å². The molecule has 0 aliphatic rings. The molecule has 4 heteroatoms. The van der Waals surface area contributed by atoms with Crippen LogP contribution in [0, 0.1) is 0 Å². The second kappa shape index (κ2) is 8.86. The Labute approximate surface area is 113 Å². The van der Waals surface area contributed by atoms with Crippen molar-refractivity contribution >= 4 is 0 Å². The predicted octanol–water partition coefficient (Wildman–Crippen LogP) is 1.01. The van der Waals surface area contributed by atoms with Crippen LogP contribution < -0.4 is 5.32 Å². The van der Waals surface area contributed by atoms with Gasteiger partial charge in [0.15, 0.2) is 0 Å². The Balaban J connectivity index is 4.08. The van der Waals surface area contributed by atoms with Gasteiger partial charge in [0.25, 0.3) is 0 Å². The van der Waals surface area contributed by atoms with Gasteiger partial charge >= 0.3 is 0 Å². The summed E-state index contributed by atoms with van der Waals surface area (Å²) in [5.74, 6) is 0. The zero-order valence-electron chi connectivity index (χ0n) is 13.2. The van der Waals surface area contributed by atoms with E-state index in [9.17, 15) is 5.11 Å². The molecule has 2 unspecified atom stereocenters. The third kappa shape index (κ3) is 7.31. The van der Waals surface area contributed by atoms with E-state index in [1.807, 2.05) is 0 Å². The van der Waals surface area contributed by atoms with Crippen molar-refractivity contribution in [2.45, 2.75) is 45.2 Å². The Kier molecular flexibility index (Phi) is 8.78. The van der Waals surface area contributed by atoms with Gasteiger partial charge < -0.3 is 20.2 Å². The summed E-state index contributed by atoms with van der Waals surface area (Å²) in [7, 11) is 6.39. The average molecular weight is 259 g/mol. The first kappa shape index (κ1) is 17.8. The summed E-state index contributed by atoms with van der Waals surface area (Å²) in [5, 5.41) is 12.9. The van der Waals surface area contributed by atoms with Crippen LogP contribution in [0.1, 0.15) is 33.6 Å². The molecule has 4 nitrogen and oxygen atoms in total. The van der Waals surface area contributed by atoms with E-state index in [1.54, 1.807) is 0 Å². The van der Waals surface area contributed by atoms with E-state index in [-0.39, 0.29) is 12.1 Å². The van der Waals surface area contributed by atoms with Gasteiger partial charge in [-0.25, -0.2) is 0 Å². The summed E-state index contributed by atoms with van der Waals surface area (Å²) in [4.78, 5) is 4.60. The maximum Gasteiger partial charge on any atom is 0.0611 e. The highest BCUT2D eigenvalue weighted by Crippen LogP contribution is 2.15. The lowest BCUT2D eigenvalue weighted by atomic mass is 9.93. The minimum Gasteiger partial charge on any atom is -0.394 e. The minimum atomic E-state index is -0.163. The number of likely N-dealkylation sites (N-methyl/N-ethyl adjacent to an activating group) is 1. The Morgan fingerprint density at radius 3 is 2.28 bits per heavy atom. The van der Waals surface area contributed by atoms with Gasteiger partial charge in [-0.15, -0.1) is 0 Å². The molecule has 0 radical (unpaired) electrons. The summed E-state index contributed by atoms with van der Waals surface area (Å²) in [6.45, 7) is 9.74. The number of nitrogens with one attached hydrogen (secondary N) is 1. The number of hydrogen-bond donors (Lipinski definition) is 2. The Hall–Kier alpha value is -0.160. The summed E-state index contributed by atoms with van der Waals surface area (Å²) in [6, 6.07) is 0.475. The van der Waals surface area contributed by atoms with E-state index in [0.717, 1.165) is 26.1 Å². The summed E-state index contributed by atoms with van der Waals surface area (Å²) >= 11 is 0. The second-order valence-corrected chi connectivity index (χ2v) is 5.94. The predicted molar refractivity (Wildman–Crippen MR) is 79.0 cm³/mol. The Morgan fingerprint density at radius 2 is 1.83 bits per heavy atom. The number of nitrogens with zero attached hydrogens (tertiary/aromatic N) is 2. The Morgan fingerprint density at radius 1 is 1.22 bits per heavy atom. The fourth-order valence-electron chi connectivity index (χ4n) is 2.28. The van der Waals surface area contributed by atoms with Crippen LogP contribution in [-0.4, -0.2) is 73.9 Å². The number of hydrogen-bond acceptors (Lipinski definition) is 4. The van der Waals surface area contributed by atoms with Gasteiger partial charge in [-0.2, -0.15) is 0 Å². The van der Waals surface area contributed by atoms with Gasteiger partial charge in [-0.3, -0.25) is 0 Å². The number of aliphatic hydroxyl groups is 1. The molecule has 0 heterocycles. The molecule has 0 fully saturated rings. The SMILES string of the molecule is CCNC(C)(CO)CC(C)N(C)CCCN(C)C. The third-order valence-corrected chi connectivity index (χ3v) is 3.57. The standard InChI is InChI=1S/C14H33N3O/c1-7-15-14(3,12-18)11-13(2)17(6)10-8-9-16(4)5/h13,15,18H,7-12H2,1-6H3. The third-order valence-electron chi connectivity index (χ3n) is 3.57. The molecule has 2 atom stereocenters. The molecule has 0 rings (SSSR count). The van der Waals surface area contributed by atoms with Gasteiger partial charge in [-0.05, 0) is 67.5 Å². The lowest BCUT2D eigenvalue weighted by Crippen LogP contribution is -2.50. The fourth-order valence-corrected chi connectivity index (χ4v) is 2.28. The van der Waals surface area contributed by atoms with E-state index in [4.69, 9.17) is 0 Å². The molecule has 0 spiro atoms. The van der Waals surface area contributed by atoms with Crippen molar-refractivity contribution < 1.29 is 5.11 Å². The molecule has 0 aromatic heterocycles. The van der Waals surface area contributed by atoms with Crippen molar-refractivity contribution in [3.63, 3.8) is 0 Å². The first-order valence-corrected chi connectivity index (χ1v) is 7.05. The van der Waals surface area contributed by atoms with Crippen molar-refractivity contribution in [2.24, 2.45) is 0 Å². The quantitative estimate of drug-likeness (QED) is 0.614. The molecule has 0 aromatic carbocycles.